The maximum atomic E-state index is 13.6. The summed E-state index contributed by atoms with van der Waals surface area (Å²) in [7, 11) is 0. The molecule has 1 fully saturated rings. The maximum absolute atomic E-state index is 13.6. The van der Waals surface area contributed by atoms with Crippen LogP contribution in [0.4, 0.5) is 0 Å². The fourth-order valence-corrected chi connectivity index (χ4v) is 5.43. The molecule has 1 saturated carbocycles. The molecule has 7 heteroatoms. The number of thiophene rings is 1. The predicted molar refractivity (Wildman–Crippen MR) is 113 cm³/mol. The molecule has 0 aromatic carbocycles. The number of fused-ring (bicyclic) bond motifs is 3. The van der Waals surface area contributed by atoms with Crippen molar-refractivity contribution < 1.29 is 9.59 Å². The Bertz CT molecular complexity index is 1070. The second kappa shape index (κ2) is 6.99. The summed E-state index contributed by atoms with van der Waals surface area (Å²) in [6, 6.07) is 8.00. The van der Waals surface area contributed by atoms with Gasteiger partial charge < -0.3 is 14.8 Å². The van der Waals surface area contributed by atoms with E-state index in [1.54, 1.807) is 28.6 Å². The largest absolute Gasteiger partial charge is 0.351 e. The second-order valence-corrected chi connectivity index (χ2v) is 9.21. The van der Waals surface area contributed by atoms with Crippen LogP contribution in [0.1, 0.15) is 48.7 Å². The lowest BCUT2D eigenvalue weighted by atomic mass is 9.93. The van der Waals surface area contributed by atoms with Gasteiger partial charge in [-0.3, -0.25) is 14.6 Å². The molecule has 6 nitrogen and oxygen atoms in total. The van der Waals surface area contributed by atoms with Gasteiger partial charge >= 0.3 is 0 Å². The van der Waals surface area contributed by atoms with Crippen LogP contribution in [-0.2, 0) is 17.9 Å². The van der Waals surface area contributed by atoms with E-state index >= 15 is 0 Å². The van der Waals surface area contributed by atoms with Gasteiger partial charge in [0.15, 0.2) is 0 Å². The van der Waals surface area contributed by atoms with E-state index in [1.165, 1.54) is 0 Å². The zero-order valence-electron chi connectivity index (χ0n) is 16.4. The average molecular weight is 409 g/mol. The van der Waals surface area contributed by atoms with Crippen molar-refractivity contribution in [2.75, 3.05) is 0 Å². The third-order valence-corrected chi connectivity index (χ3v) is 7.14. The van der Waals surface area contributed by atoms with Crippen molar-refractivity contribution in [3.05, 3.63) is 53.3 Å². The molecule has 1 N–H and O–H groups in total. The molecule has 1 aliphatic heterocycles. The van der Waals surface area contributed by atoms with E-state index in [0.29, 0.717) is 18.8 Å². The summed E-state index contributed by atoms with van der Waals surface area (Å²) >= 11 is 1.62. The van der Waals surface area contributed by atoms with Gasteiger partial charge in [0.1, 0.15) is 11.2 Å². The van der Waals surface area contributed by atoms with Gasteiger partial charge in [-0.15, -0.1) is 11.3 Å². The van der Waals surface area contributed by atoms with Gasteiger partial charge in [0, 0.05) is 25.0 Å². The molecule has 29 heavy (non-hydrogen) atoms. The minimum Gasteiger partial charge on any atom is -0.351 e. The highest BCUT2D eigenvalue weighted by Gasteiger charge is 2.48. The molecule has 0 bridgehead atoms. The number of nitrogens with zero attached hydrogens (tertiary/aromatic N) is 3. The van der Waals surface area contributed by atoms with Crippen LogP contribution in [0.2, 0.25) is 0 Å². The van der Waals surface area contributed by atoms with Crippen LogP contribution in [0.3, 0.4) is 0 Å². The minimum atomic E-state index is -0.962. The SMILES string of the molecule is CC1(C(=O)NC2CCCC2)Cn2c(cc3sccc32)C(=O)N1Cc1cccnc1. The number of rotatable bonds is 4. The van der Waals surface area contributed by atoms with Gasteiger partial charge in [0.05, 0.1) is 16.8 Å². The Labute approximate surface area is 173 Å². The molecule has 150 valence electrons. The molecule has 0 spiro atoms. The topological polar surface area (TPSA) is 67.2 Å². The van der Waals surface area contributed by atoms with Crippen LogP contribution >= 0.6 is 11.3 Å². The molecule has 1 aliphatic carbocycles. The molecule has 3 aromatic rings. The van der Waals surface area contributed by atoms with Crippen LogP contribution in [0.5, 0.6) is 0 Å². The van der Waals surface area contributed by atoms with Crippen molar-refractivity contribution in [3.8, 4) is 0 Å². The molecule has 0 saturated heterocycles. The van der Waals surface area contributed by atoms with Crippen molar-refractivity contribution >= 4 is 33.4 Å². The summed E-state index contributed by atoms with van der Waals surface area (Å²) in [5, 5.41) is 5.26. The molecule has 4 heterocycles. The van der Waals surface area contributed by atoms with Crippen LogP contribution in [-0.4, -0.2) is 37.8 Å². The fraction of sp³-hybridized carbons (Fsp3) is 0.409. The zero-order valence-corrected chi connectivity index (χ0v) is 17.2. The summed E-state index contributed by atoms with van der Waals surface area (Å²) in [6.07, 6.45) is 7.81. The minimum absolute atomic E-state index is 0.0654. The standard InChI is InChI=1S/C22H24N4O2S/c1-22(21(28)24-16-6-2-3-7-16)14-25-17-8-10-29-19(17)11-18(25)20(27)26(22)13-15-5-4-9-23-12-15/h4-5,8-12,16H,2-3,6-7,13-14H2,1H3,(H,24,28). The lowest BCUT2D eigenvalue weighted by Gasteiger charge is -2.44. The molecular weight excluding hydrogens is 384 g/mol. The summed E-state index contributed by atoms with van der Waals surface area (Å²) < 4.78 is 3.09. The summed E-state index contributed by atoms with van der Waals surface area (Å²) in [5.74, 6) is -0.169. The quantitative estimate of drug-likeness (QED) is 0.718. The Morgan fingerprint density at radius 1 is 1.34 bits per heavy atom. The number of hydrogen-bond donors (Lipinski definition) is 1. The lowest BCUT2D eigenvalue weighted by Crippen LogP contribution is -2.64. The van der Waals surface area contributed by atoms with E-state index in [0.717, 1.165) is 41.5 Å². The number of carbonyl (C=O) groups is 2. The molecule has 1 unspecified atom stereocenters. The Morgan fingerprint density at radius 3 is 2.93 bits per heavy atom. The highest BCUT2D eigenvalue weighted by molar-refractivity contribution is 7.17. The van der Waals surface area contributed by atoms with Crippen LogP contribution < -0.4 is 5.32 Å². The first-order valence-electron chi connectivity index (χ1n) is 10.1. The normalized spacial score (nSPS) is 22.2. The van der Waals surface area contributed by atoms with Gasteiger partial charge in [-0.25, -0.2) is 0 Å². The highest BCUT2D eigenvalue weighted by atomic mass is 32.1. The zero-order chi connectivity index (χ0) is 20.0. The van der Waals surface area contributed by atoms with E-state index in [9.17, 15) is 9.59 Å². The number of carbonyl (C=O) groups excluding carboxylic acids is 2. The number of pyridine rings is 1. The first kappa shape index (κ1) is 18.4. The highest BCUT2D eigenvalue weighted by Crippen LogP contribution is 2.35. The Balaban J connectivity index is 1.55. The van der Waals surface area contributed by atoms with Gasteiger partial charge in [0.2, 0.25) is 5.91 Å². The number of amides is 2. The molecule has 1 atom stereocenters. The van der Waals surface area contributed by atoms with Gasteiger partial charge in [-0.1, -0.05) is 18.9 Å². The first-order valence-corrected chi connectivity index (χ1v) is 11.0. The van der Waals surface area contributed by atoms with E-state index in [4.69, 9.17) is 0 Å². The second-order valence-electron chi connectivity index (χ2n) is 8.27. The van der Waals surface area contributed by atoms with E-state index in [-0.39, 0.29) is 17.9 Å². The van der Waals surface area contributed by atoms with Crippen LogP contribution in [0.25, 0.3) is 10.2 Å². The Hall–Kier alpha value is -2.67. The van der Waals surface area contributed by atoms with Crippen molar-refractivity contribution in [3.63, 3.8) is 0 Å². The van der Waals surface area contributed by atoms with Gasteiger partial charge in [-0.05, 0) is 48.9 Å². The van der Waals surface area contributed by atoms with Crippen molar-refractivity contribution in [2.45, 2.75) is 57.3 Å². The summed E-state index contributed by atoms with van der Waals surface area (Å²) in [4.78, 5) is 33.0. The number of hydrogen-bond acceptors (Lipinski definition) is 4. The molecular formula is C22H24N4O2S. The Morgan fingerprint density at radius 2 is 2.17 bits per heavy atom. The fourth-order valence-electron chi connectivity index (χ4n) is 4.61. The van der Waals surface area contributed by atoms with Crippen molar-refractivity contribution in [1.82, 2.24) is 19.8 Å². The number of aromatic nitrogens is 2. The summed E-state index contributed by atoms with van der Waals surface area (Å²) in [6.45, 7) is 2.71. The molecule has 2 aliphatic rings. The third-order valence-electron chi connectivity index (χ3n) is 6.29. The Kier molecular flexibility index (Phi) is 4.42. The first-order chi connectivity index (χ1) is 14.1. The van der Waals surface area contributed by atoms with E-state index in [2.05, 4.69) is 10.3 Å². The average Bonchev–Trinajstić information content (AvgIpc) is 3.45. The molecule has 0 radical (unpaired) electrons. The van der Waals surface area contributed by atoms with E-state index in [1.807, 2.05) is 41.1 Å². The predicted octanol–water partition coefficient (Wildman–Crippen LogP) is 3.57. The van der Waals surface area contributed by atoms with Gasteiger partial charge in [-0.2, -0.15) is 0 Å². The van der Waals surface area contributed by atoms with Crippen molar-refractivity contribution in [2.24, 2.45) is 0 Å². The number of nitrogens with one attached hydrogen (secondary N) is 1. The molecule has 5 rings (SSSR count). The maximum Gasteiger partial charge on any atom is 0.271 e. The molecule has 2 amide bonds. The van der Waals surface area contributed by atoms with Gasteiger partial charge in [0.25, 0.3) is 5.91 Å². The van der Waals surface area contributed by atoms with E-state index < -0.39 is 5.54 Å². The monoisotopic (exact) mass is 408 g/mol. The van der Waals surface area contributed by atoms with Crippen LogP contribution in [0, 0.1) is 0 Å². The summed E-state index contributed by atoms with van der Waals surface area (Å²) in [5.41, 5.74) is 1.64. The molecule has 3 aromatic heterocycles. The van der Waals surface area contributed by atoms with Crippen LogP contribution in [0.15, 0.2) is 42.0 Å². The van der Waals surface area contributed by atoms with Crippen molar-refractivity contribution in [1.29, 1.82) is 0 Å². The smallest absolute Gasteiger partial charge is 0.271 e. The third kappa shape index (κ3) is 3.04. The lowest BCUT2D eigenvalue weighted by molar-refractivity contribution is -0.133.